The van der Waals surface area contributed by atoms with E-state index in [0.717, 1.165) is 29.8 Å². The molecule has 6 nitrogen and oxygen atoms in total. The van der Waals surface area contributed by atoms with Gasteiger partial charge in [-0.1, -0.05) is 25.1 Å². The van der Waals surface area contributed by atoms with Crippen LogP contribution >= 0.6 is 0 Å². The standard InChI is InChI=1S/C18H23N3O3/c1-3-14(12-9-10-12)19-18(24)21-15(11-16(21)22)17(23)20(2)13-7-5-4-6-8-13/h4-8,12,14-15H,3,9-11H2,1-2H3,(H,19,24). The molecular weight excluding hydrogens is 306 g/mol. The molecule has 128 valence electrons. The number of hydrogen-bond donors (Lipinski definition) is 1. The fourth-order valence-electron chi connectivity index (χ4n) is 3.15. The minimum absolute atomic E-state index is 0.0870. The van der Waals surface area contributed by atoms with Crippen molar-refractivity contribution in [1.82, 2.24) is 10.2 Å². The highest BCUT2D eigenvalue weighted by atomic mass is 16.2. The number of β-lactam (4-membered cyclic amide) rings is 1. The molecule has 1 saturated heterocycles. The molecule has 24 heavy (non-hydrogen) atoms. The number of carbonyl (C=O) groups excluding carboxylic acids is 3. The molecule has 6 heteroatoms. The molecule has 2 fully saturated rings. The number of para-hydroxylation sites is 1. The van der Waals surface area contributed by atoms with E-state index in [1.165, 1.54) is 4.90 Å². The smallest absolute Gasteiger partial charge is 0.325 e. The first-order valence-electron chi connectivity index (χ1n) is 8.48. The minimum atomic E-state index is -0.709. The molecule has 1 saturated carbocycles. The van der Waals surface area contributed by atoms with Gasteiger partial charge >= 0.3 is 6.03 Å². The van der Waals surface area contributed by atoms with Crippen LogP contribution in [-0.2, 0) is 9.59 Å². The van der Waals surface area contributed by atoms with Gasteiger partial charge in [-0.15, -0.1) is 0 Å². The molecule has 1 heterocycles. The lowest BCUT2D eigenvalue weighted by atomic mass is 10.0. The monoisotopic (exact) mass is 329 g/mol. The van der Waals surface area contributed by atoms with Crippen molar-refractivity contribution in [3.05, 3.63) is 30.3 Å². The largest absolute Gasteiger partial charge is 0.335 e. The van der Waals surface area contributed by atoms with Crippen molar-refractivity contribution >= 4 is 23.5 Å². The molecule has 0 spiro atoms. The number of carbonyl (C=O) groups is 3. The number of imide groups is 1. The number of likely N-dealkylation sites (tertiary alicyclic amines) is 1. The van der Waals surface area contributed by atoms with Gasteiger partial charge in [0.15, 0.2) is 0 Å². The number of nitrogens with zero attached hydrogens (tertiary/aromatic N) is 2. The Kier molecular flexibility index (Phi) is 4.55. The van der Waals surface area contributed by atoms with Crippen LogP contribution < -0.4 is 10.2 Å². The molecule has 1 aliphatic carbocycles. The number of anilines is 1. The highest BCUT2D eigenvalue weighted by molar-refractivity contribution is 6.11. The molecule has 1 aliphatic heterocycles. The van der Waals surface area contributed by atoms with E-state index in [-0.39, 0.29) is 24.3 Å². The highest BCUT2D eigenvalue weighted by Crippen LogP contribution is 2.34. The normalized spacial score (nSPS) is 21.0. The Labute approximate surface area is 141 Å². The van der Waals surface area contributed by atoms with Gasteiger partial charge in [-0.2, -0.15) is 0 Å². The van der Waals surface area contributed by atoms with E-state index < -0.39 is 12.1 Å². The summed E-state index contributed by atoms with van der Waals surface area (Å²) in [6.45, 7) is 2.02. The van der Waals surface area contributed by atoms with E-state index >= 15 is 0 Å². The molecule has 4 amide bonds. The Hall–Kier alpha value is -2.37. The molecule has 2 atom stereocenters. The van der Waals surface area contributed by atoms with E-state index in [9.17, 15) is 14.4 Å². The van der Waals surface area contributed by atoms with Gasteiger partial charge in [0.25, 0.3) is 5.91 Å². The summed E-state index contributed by atoms with van der Waals surface area (Å²) in [6.07, 6.45) is 3.16. The van der Waals surface area contributed by atoms with E-state index in [4.69, 9.17) is 0 Å². The first-order chi connectivity index (χ1) is 11.5. The van der Waals surface area contributed by atoms with Crippen LogP contribution in [0.15, 0.2) is 30.3 Å². The molecule has 1 aromatic carbocycles. The second-order valence-electron chi connectivity index (χ2n) is 6.52. The highest BCUT2D eigenvalue weighted by Gasteiger charge is 2.47. The van der Waals surface area contributed by atoms with Crippen molar-refractivity contribution < 1.29 is 14.4 Å². The average Bonchev–Trinajstić information content (AvgIpc) is 3.41. The summed E-state index contributed by atoms with van der Waals surface area (Å²) < 4.78 is 0. The van der Waals surface area contributed by atoms with Crippen LogP contribution in [0.5, 0.6) is 0 Å². The van der Waals surface area contributed by atoms with E-state index in [1.807, 2.05) is 37.3 Å². The number of nitrogens with one attached hydrogen (secondary N) is 1. The van der Waals surface area contributed by atoms with Gasteiger partial charge in [-0.25, -0.2) is 4.79 Å². The SMILES string of the molecule is CCC(NC(=O)N1C(=O)CC1C(=O)N(C)c1ccccc1)C1CC1. The first kappa shape index (κ1) is 16.5. The number of hydrogen-bond acceptors (Lipinski definition) is 3. The summed E-state index contributed by atoms with van der Waals surface area (Å²) in [7, 11) is 1.66. The topological polar surface area (TPSA) is 69.7 Å². The van der Waals surface area contributed by atoms with Crippen molar-refractivity contribution in [2.45, 2.75) is 44.7 Å². The Morgan fingerprint density at radius 2 is 1.96 bits per heavy atom. The third-order valence-electron chi connectivity index (χ3n) is 4.87. The summed E-state index contributed by atoms with van der Waals surface area (Å²) in [6, 6.07) is 8.15. The third kappa shape index (κ3) is 3.13. The predicted octanol–water partition coefficient (Wildman–Crippen LogP) is 2.15. The molecule has 3 rings (SSSR count). The molecule has 1 N–H and O–H groups in total. The second-order valence-corrected chi connectivity index (χ2v) is 6.52. The zero-order chi connectivity index (χ0) is 17.3. The molecule has 0 radical (unpaired) electrons. The third-order valence-corrected chi connectivity index (χ3v) is 4.87. The second kappa shape index (κ2) is 6.63. The summed E-state index contributed by atoms with van der Waals surface area (Å²) >= 11 is 0. The maximum absolute atomic E-state index is 12.6. The number of urea groups is 1. The molecule has 0 aromatic heterocycles. The number of rotatable bonds is 5. The minimum Gasteiger partial charge on any atom is -0.335 e. The Bertz CT molecular complexity index is 642. The van der Waals surface area contributed by atoms with Gasteiger partial charge < -0.3 is 10.2 Å². The van der Waals surface area contributed by atoms with Crippen LogP contribution in [0.25, 0.3) is 0 Å². The van der Waals surface area contributed by atoms with Crippen molar-refractivity contribution in [2.75, 3.05) is 11.9 Å². The van der Waals surface area contributed by atoms with Gasteiger partial charge in [-0.05, 0) is 37.3 Å². The van der Waals surface area contributed by atoms with Crippen molar-refractivity contribution in [1.29, 1.82) is 0 Å². The lowest BCUT2D eigenvalue weighted by Crippen LogP contribution is -2.65. The van der Waals surface area contributed by atoms with Gasteiger partial charge in [0.2, 0.25) is 5.91 Å². The molecule has 0 bridgehead atoms. The maximum atomic E-state index is 12.6. The molecular formula is C18H23N3O3. The zero-order valence-corrected chi connectivity index (χ0v) is 14.1. The molecule has 1 aromatic rings. The van der Waals surface area contributed by atoms with Crippen LogP contribution in [0.4, 0.5) is 10.5 Å². The fraction of sp³-hybridized carbons (Fsp3) is 0.500. The van der Waals surface area contributed by atoms with Crippen LogP contribution in [0.3, 0.4) is 0 Å². The number of likely N-dealkylation sites (N-methyl/N-ethyl adjacent to an activating group) is 1. The Morgan fingerprint density at radius 1 is 1.29 bits per heavy atom. The lowest BCUT2D eigenvalue weighted by Gasteiger charge is -2.39. The summed E-state index contributed by atoms with van der Waals surface area (Å²) in [4.78, 5) is 39.5. The molecule has 2 aliphatic rings. The fourth-order valence-corrected chi connectivity index (χ4v) is 3.15. The van der Waals surface area contributed by atoms with Gasteiger partial charge in [0.1, 0.15) is 6.04 Å². The summed E-state index contributed by atoms with van der Waals surface area (Å²) in [5, 5.41) is 2.92. The zero-order valence-electron chi connectivity index (χ0n) is 14.1. The van der Waals surface area contributed by atoms with Crippen molar-refractivity contribution in [3.63, 3.8) is 0 Å². The van der Waals surface area contributed by atoms with Gasteiger partial charge in [0.05, 0.1) is 6.42 Å². The van der Waals surface area contributed by atoms with Gasteiger partial charge in [-0.3, -0.25) is 14.5 Å². The Morgan fingerprint density at radius 3 is 2.50 bits per heavy atom. The predicted molar refractivity (Wildman–Crippen MR) is 90.4 cm³/mol. The van der Waals surface area contributed by atoms with E-state index in [2.05, 4.69) is 5.32 Å². The average molecular weight is 329 g/mol. The van der Waals surface area contributed by atoms with Crippen molar-refractivity contribution in [2.24, 2.45) is 5.92 Å². The quantitative estimate of drug-likeness (QED) is 0.842. The van der Waals surface area contributed by atoms with Crippen LogP contribution in [0.2, 0.25) is 0 Å². The first-order valence-corrected chi connectivity index (χ1v) is 8.48. The van der Waals surface area contributed by atoms with E-state index in [0.29, 0.717) is 5.92 Å². The Balaban J connectivity index is 1.66. The number of amides is 4. The van der Waals surface area contributed by atoms with Gasteiger partial charge in [0, 0.05) is 18.8 Å². The summed E-state index contributed by atoms with van der Waals surface area (Å²) in [5.41, 5.74) is 0.742. The molecule has 2 unspecified atom stereocenters. The summed E-state index contributed by atoms with van der Waals surface area (Å²) in [5.74, 6) is -0.0233. The lowest BCUT2D eigenvalue weighted by molar-refractivity contribution is -0.147. The van der Waals surface area contributed by atoms with Crippen LogP contribution in [-0.4, -0.2) is 41.9 Å². The van der Waals surface area contributed by atoms with E-state index in [1.54, 1.807) is 7.05 Å². The van der Waals surface area contributed by atoms with Crippen molar-refractivity contribution in [3.8, 4) is 0 Å². The number of benzene rings is 1. The van der Waals surface area contributed by atoms with Crippen LogP contribution in [0, 0.1) is 5.92 Å². The maximum Gasteiger partial charge on any atom is 0.325 e. The van der Waals surface area contributed by atoms with Crippen LogP contribution in [0.1, 0.15) is 32.6 Å².